The van der Waals surface area contributed by atoms with Gasteiger partial charge in [0.05, 0.1) is 18.2 Å². The van der Waals surface area contributed by atoms with Crippen LogP contribution in [0.15, 0.2) is 48.5 Å². The number of ether oxygens (including phenoxy) is 1. The van der Waals surface area contributed by atoms with Gasteiger partial charge in [-0.25, -0.2) is 0 Å². The summed E-state index contributed by atoms with van der Waals surface area (Å²) in [5.41, 5.74) is 2.37. The van der Waals surface area contributed by atoms with Gasteiger partial charge in [-0.2, -0.15) is 0 Å². The summed E-state index contributed by atoms with van der Waals surface area (Å²) in [5.74, 6) is 0.585. The minimum atomic E-state index is -0.156. The number of carbonyl (C=O) groups excluding carboxylic acids is 2. The van der Waals surface area contributed by atoms with Crippen LogP contribution in [-0.4, -0.2) is 48.4 Å². The number of hydrogen-bond donors (Lipinski definition) is 0. The molecule has 1 atom stereocenters. The Balaban J connectivity index is 1.31. The molecule has 2 aromatic rings. The van der Waals surface area contributed by atoms with Gasteiger partial charge in [-0.15, -0.1) is 0 Å². The van der Waals surface area contributed by atoms with Crippen molar-refractivity contribution in [2.45, 2.75) is 31.7 Å². The van der Waals surface area contributed by atoms with E-state index < -0.39 is 0 Å². The fourth-order valence-electron chi connectivity index (χ4n) is 4.35. The molecule has 0 radical (unpaired) electrons. The quantitative estimate of drug-likeness (QED) is 0.541. The molecule has 1 unspecified atom stereocenters. The van der Waals surface area contributed by atoms with Crippen LogP contribution in [0.25, 0.3) is 0 Å². The Morgan fingerprint density at radius 2 is 1.68 bits per heavy atom. The zero-order chi connectivity index (χ0) is 19.5. The summed E-state index contributed by atoms with van der Waals surface area (Å²) in [6, 6.07) is 15.8. The van der Waals surface area contributed by atoms with Gasteiger partial charge in [-0.1, -0.05) is 24.3 Å². The number of amides is 2. The van der Waals surface area contributed by atoms with Crippen LogP contribution >= 0.6 is 0 Å². The second-order valence-electron chi connectivity index (χ2n) is 7.49. The second-order valence-corrected chi connectivity index (χ2v) is 7.49. The van der Waals surface area contributed by atoms with E-state index in [1.807, 2.05) is 12.1 Å². The zero-order valence-electron chi connectivity index (χ0n) is 16.3. The third kappa shape index (κ3) is 3.54. The standard InChI is InChI=1S/C23H26N2O3/c1-28-18-9-6-8-17(16-18)21-12-7-14-24(21)13-4-5-15-25-22(26)19-10-2-3-11-20(19)23(25)27/h2-3,6,8-11,16,21H,4-5,7,12-15H2,1H3. The van der Waals surface area contributed by atoms with E-state index in [9.17, 15) is 9.59 Å². The molecule has 1 saturated heterocycles. The first-order valence-electron chi connectivity index (χ1n) is 10.0. The highest BCUT2D eigenvalue weighted by Crippen LogP contribution is 2.33. The van der Waals surface area contributed by atoms with Crippen molar-refractivity contribution >= 4 is 11.8 Å². The molecule has 0 saturated carbocycles. The van der Waals surface area contributed by atoms with Crippen molar-refractivity contribution < 1.29 is 14.3 Å². The van der Waals surface area contributed by atoms with Gasteiger partial charge in [0.2, 0.25) is 0 Å². The van der Waals surface area contributed by atoms with Gasteiger partial charge in [0.15, 0.2) is 0 Å². The Morgan fingerprint density at radius 1 is 0.964 bits per heavy atom. The number of benzene rings is 2. The van der Waals surface area contributed by atoms with Crippen LogP contribution in [0, 0.1) is 0 Å². The minimum Gasteiger partial charge on any atom is -0.497 e. The summed E-state index contributed by atoms with van der Waals surface area (Å²) in [6.45, 7) is 2.56. The first-order chi connectivity index (χ1) is 13.7. The van der Waals surface area contributed by atoms with E-state index in [2.05, 4.69) is 17.0 Å². The van der Waals surface area contributed by atoms with Gasteiger partial charge >= 0.3 is 0 Å². The van der Waals surface area contributed by atoms with Crippen LogP contribution in [0.1, 0.15) is 58.0 Å². The Labute approximate surface area is 165 Å². The predicted octanol–water partition coefficient (Wildman–Crippen LogP) is 3.91. The van der Waals surface area contributed by atoms with E-state index in [0.29, 0.717) is 23.7 Å². The van der Waals surface area contributed by atoms with Crippen molar-refractivity contribution in [3.8, 4) is 5.75 Å². The monoisotopic (exact) mass is 378 g/mol. The zero-order valence-corrected chi connectivity index (χ0v) is 16.3. The molecular weight excluding hydrogens is 352 g/mol. The van der Waals surface area contributed by atoms with Gasteiger partial charge in [0, 0.05) is 12.6 Å². The van der Waals surface area contributed by atoms with E-state index in [1.54, 1.807) is 31.4 Å². The van der Waals surface area contributed by atoms with Gasteiger partial charge < -0.3 is 4.74 Å². The lowest BCUT2D eigenvalue weighted by Crippen LogP contribution is -2.31. The van der Waals surface area contributed by atoms with E-state index in [1.165, 1.54) is 16.9 Å². The highest BCUT2D eigenvalue weighted by molar-refractivity contribution is 6.21. The van der Waals surface area contributed by atoms with Crippen LogP contribution in [0.5, 0.6) is 5.75 Å². The van der Waals surface area contributed by atoms with Crippen LogP contribution in [-0.2, 0) is 0 Å². The summed E-state index contributed by atoms with van der Waals surface area (Å²) in [4.78, 5) is 28.8. The second kappa shape index (κ2) is 8.15. The first kappa shape index (κ1) is 18.7. The van der Waals surface area contributed by atoms with Gasteiger partial charge in [-0.05, 0) is 68.6 Å². The molecule has 4 rings (SSSR count). The van der Waals surface area contributed by atoms with Gasteiger partial charge in [-0.3, -0.25) is 19.4 Å². The topological polar surface area (TPSA) is 49.9 Å². The molecule has 0 N–H and O–H groups in total. The third-order valence-corrected chi connectivity index (χ3v) is 5.80. The lowest BCUT2D eigenvalue weighted by molar-refractivity contribution is 0.0650. The maximum atomic E-state index is 12.4. The Morgan fingerprint density at radius 3 is 2.39 bits per heavy atom. The largest absolute Gasteiger partial charge is 0.497 e. The lowest BCUT2D eigenvalue weighted by Gasteiger charge is -2.25. The normalized spacial score (nSPS) is 19.3. The number of likely N-dealkylation sites (tertiary alicyclic amines) is 1. The minimum absolute atomic E-state index is 0.156. The molecule has 0 aliphatic carbocycles. The van der Waals surface area contributed by atoms with E-state index in [-0.39, 0.29) is 11.8 Å². The van der Waals surface area contributed by atoms with Gasteiger partial charge in [0.25, 0.3) is 11.8 Å². The molecule has 2 aliphatic heterocycles. The number of nitrogens with zero attached hydrogens (tertiary/aromatic N) is 2. The molecule has 2 aromatic carbocycles. The van der Waals surface area contributed by atoms with Crippen molar-refractivity contribution in [2.24, 2.45) is 0 Å². The number of rotatable bonds is 7. The van der Waals surface area contributed by atoms with Crippen LogP contribution in [0.3, 0.4) is 0 Å². The molecule has 5 heteroatoms. The molecule has 146 valence electrons. The van der Waals surface area contributed by atoms with Crippen molar-refractivity contribution in [3.63, 3.8) is 0 Å². The van der Waals surface area contributed by atoms with Gasteiger partial charge in [0.1, 0.15) is 5.75 Å². The van der Waals surface area contributed by atoms with Crippen molar-refractivity contribution in [2.75, 3.05) is 26.7 Å². The first-order valence-corrected chi connectivity index (χ1v) is 10.0. The van der Waals surface area contributed by atoms with Crippen LogP contribution in [0.2, 0.25) is 0 Å². The Kier molecular flexibility index (Phi) is 5.44. The number of methoxy groups -OCH3 is 1. The molecule has 2 amide bonds. The maximum Gasteiger partial charge on any atom is 0.261 e. The number of imide groups is 1. The highest BCUT2D eigenvalue weighted by Gasteiger charge is 2.34. The molecule has 1 fully saturated rings. The Hall–Kier alpha value is -2.66. The average molecular weight is 378 g/mol. The summed E-state index contributed by atoms with van der Waals surface area (Å²) >= 11 is 0. The van der Waals surface area contributed by atoms with E-state index in [0.717, 1.165) is 38.1 Å². The third-order valence-electron chi connectivity index (χ3n) is 5.80. The smallest absolute Gasteiger partial charge is 0.261 e. The summed E-state index contributed by atoms with van der Waals surface area (Å²) in [5, 5.41) is 0. The number of hydrogen-bond acceptors (Lipinski definition) is 4. The SMILES string of the molecule is COc1cccc(C2CCCN2CCCCN2C(=O)c3ccccc3C2=O)c1. The molecule has 2 aliphatic rings. The van der Waals surface area contributed by atoms with E-state index in [4.69, 9.17) is 4.74 Å². The van der Waals surface area contributed by atoms with Crippen LogP contribution < -0.4 is 4.74 Å². The number of carbonyl (C=O) groups is 2. The molecule has 0 spiro atoms. The van der Waals surface area contributed by atoms with Crippen molar-refractivity contribution in [1.82, 2.24) is 9.80 Å². The Bertz CT molecular complexity index is 845. The molecule has 0 aromatic heterocycles. The fourth-order valence-corrected chi connectivity index (χ4v) is 4.35. The molecule has 5 nitrogen and oxygen atoms in total. The molecular formula is C23H26N2O3. The number of unbranched alkanes of at least 4 members (excludes halogenated alkanes) is 1. The number of fused-ring (bicyclic) bond motifs is 1. The summed E-state index contributed by atoms with van der Waals surface area (Å²) in [7, 11) is 1.70. The predicted molar refractivity (Wildman–Crippen MR) is 108 cm³/mol. The molecule has 2 heterocycles. The fraction of sp³-hybridized carbons (Fsp3) is 0.391. The van der Waals surface area contributed by atoms with E-state index >= 15 is 0 Å². The maximum absolute atomic E-state index is 12.4. The van der Waals surface area contributed by atoms with Crippen molar-refractivity contribution in [1.29, 1.82) is 0 Å². The van der Waals surface area contributed by atoms with Crippen molar-refractivity contribution in [3.05, 3.63) is 65.2 Å². The molecule has 28 heavy (non-hydrogen) atoms. The summed E-state index contributed by atoms with van der Waals surface area (Å²) in [6.07, 6.45) is 4.15. The average Bonchev–Trinajstić information content (AvgIpc) is 3.30. The van der Waals surface area contributed by atoms with Crippen LogP contribution in [0.4, 0.5) is 0 Å². The lowest BCUT2D eigenvalue weighted by atomic mass is 10.0. The highest BCUT2D eigenvalue weighted by atomic mass is 16.5. The summed E-state index contributed by atoms with van der Waals surface area (Å²) < 4.78 is 5.36. The molecule has 0 bridgehead atoms.